The lowest BCUT2D eigenvalue weighted by Crippen LogP contribution is -2.52. The van der Waals surface area contributed by atoms with Crippen molar-refractivity contribution in [1.29, 1.82) is 0 Å². The molecular weight excluding hydrogens is 380 g/mol. The minimum Gasteiger partial charge on any atom is -0.462 e. The third-order valence-electron chi connectivity index (χ3n) is 5.90. The molecule has 8 nitrogen and oxygen atoms in total. The van der Waals surface area contributed by atoms with E-state index in [0.717, 1.165) is 0 Å². The van der Waals surface area contributed by atoms with Gasteiger partial charge in [-0.3, -0.25) is 14.4 Å². The van der Waals surface area contributed by atoms with Crippen LogP contribution in [0.3, 0.4) is 0 Å². The number of aliphatic hydroxyl groups excluding tert-OH is 1. The number of hydrogen-bond acceptors (Lipinski definition) is 8. The van der Waals surface area contributed by atoms with E-state index in [2.05, 4.69) is 0 Å². The number of rotatable bonds is 6. The molecule has 5 atom stereocenters. The predicted molar refractivity (Wildman–Crippen MR) is 101 cm³/mol. The van der Waals surface area contributed by atoms with E-state index in [0.29, 0.717) is 18.3 Å². The van der Waals surface area contributed by atoms with Gasteiger partial charge in [-0.15, -0.1) is 0 Å². The number of ether oxygens (including phenoxy) is 3. The summed E-state index contributed by atoms with van der Waals surface area (Å²) in [6.07, 6.45) is -0.710. The summed E-state index contributed by atoms with van der Waals surface area (Å²) in [6, 6.07) is 0. The Morgan fingerprint density at radius 1 is 1.38 bits per heavy atom. The van der Waals surface area contributed by atoms with Crippen LogP contribution in [-0.4, -0.2) is 47.8 Å². The van der Waals surface area contributed by atoms with E-state index in [4.69, 9.17) is 14.2 Å². The van der Waals surface area contributed by atoms with E-state index in [1.165, 1.54) is 13.8 Å². The molecule has 2 rings (SSSR count). The summed E-state index contributed by atoms with van der Waals surface area (Å²) in [5.74, 6) is -2.71. The third kappa shape index (κ3) is 4.12. The highest BCUT2D eigenvalue weighted by Crippen LogP contribution is 2.50. The average molecular weight is 408 g/mol. The fourth-order valence-electron chi connectivity index (χ4n) is 3.89. The molecular formula is C21H28O8. The van der Waals surface area contributed by atoms with Crippen LogP contribution in [-0.2, 0) is 33.4 Å². The molecule has 29 heavy (non-hydrogen) atoms. The molecule has 1 aliphatic heterocycles. The lowest BCUT2D eigenvalue weighted by molar-refractivity contribution is -0.169. The van der Waals surface area contributed by atoms with Crippen LogP contribution < -0.4 is 0 Å². The number of aldehydes is 1. The van der Waals surface area contributed by atoms with Gasteiger partial charge < -0.3 is 19.3 Å². The van der Waals surface area contributed by atoms with Gasteiger partial charge in [-0.1, -0.05) is 33.8 Å². The van der Waals surface area contributed by atoms with Crippen LogP contribution >= 0.6 is 0 Å². The van der Waals surface area contributed by atoms with E-state index >= 15 is 0 Å². The molecule has 0 aromatic carbocycles. The van der Waals surface area contributed by atoms with Gasteiger partial charge >= 0.3 is 17.9 Å². The van der Waals surface area contributed by atoms with Crippen molar-refractivity contribution in [2.24, 2.45) is 17.3 Å². The first-order valence-electron chi connectivity index (χ1n) is 9.58. The molecule has 8 heteroatoms. The Morgan fingerprint density at radius 2 is 2.00 bits per heavy atom. The van der Waals surface area contributed by atoms with E-state index in [9.17, 15) is 24.3 Å². The topological polar surface area (TPSA) is 116 Å². The molecule has 0 bridgehead atoms. The second-order valence-corrected chi connectivity index (χ2v) is 8.04. The molecule has 0 aromatic heterocycles. The summed E-state index contributed by atoms with van der Waals surface area (Å²) in [7, 11) is 0. The Hall–Kier alpha value is -2.48. The zero-order valence-corrected chi connectivity index (χ0v) is 17.6. The molecule has 0 fully saturated rings. The monoisotopic (exact) mass is 408 g/mol. The van der Waals surface area contributed by atoms with Crippen LogP contribution in [0.15, 0.2) is 22.8 Å². The molecule has 2 aliphatic rings. The van der Waals surface area contributed by atoms with Crippen LogP contribution in [0, 0.1) is 17.3 Å². The van der Waals surface area contributed by atoms with Crippen molar-refractivity contribution >= 4 is 24.2 Å². The fraction of sp³-hybridized carbons (Fsp3) is 0.619. The van der Waals surface area contributed by atoms with Gasteiger partial charge in [-0.05, 0) is 12.5 Å². The SMILES string of the molecule is CC(=O)O[C@H]1CC=C(C=O)[C@](C)([C@H](OC(=O)C(C)C)C2=C(C)C(=O)O[C@@H]2O)[C@H]1C. The molecule has 0 saturated heterocycles. The largest absolute Gasteiger partial charge is 0.462 e. The predicted octanol–water partition coefficient (Wildman–Crippen LogP) is 1.85. The standard InChI is InChI=1S/C21H28O8/c1-10(2)18(24)28-17(16-11(3)19(25)29-20(16)26)21(6)12(4)15(27-13(5)23)8-7-14(21)9-22/h7,9-10,12,15,17,20,26H,8H2,1-6H3/t12-,15-,17+,20-,21+/m0/s1. The van der Waals surface area contributed by atoms with Crippen molar-refractivity contribution in [3.05, 3.63) is 22.8 Å². The molecule has 0 aromatic rings. The van der Waals surface area contributed by atoms with Gasteiger partial charge in [-0.2, -0.15) is 0 Å². The zero-order valence-electron chi connectivity index (χ0n) is 17.6. The van der Waals surface area contributed by atoms with Gasteiger partial charge in [0.15, 0.2) is 0 Å². The van der Waals surface area contributed by atoms with Crippen molar-refractivity contribution in [2.75, 3.05) is 0 Å². The lowest BCUT2D eigenvalue weighted by Gasteiger charge is -2.47. The summed E-state index contributed by atoms with van der Waals surface area (Å²) >= 11 is 0. The van der Waals surface area contributed by atoms with E-state index < -0.39 is 53.7 Å². The Labute approximate surface area is 169 Å². The van der Waals surface area contributed by atoms with Crippen molar-refractivity contribution < 1.29 is 38.5 Å². The maximum absolute atomic E-state index is 12.5. The van der Waals surface area contributed by atoms with Crippen LogP contribution in [0.1, 0.15) is 48.0 Å². The first-order chi connectivity index (χ1) is 13.4. The summed E-state index contributed by atoms with van der Waals surface area (Å²) < 4.78 is 16.1. The molecule has 0 unspecified atom stereocenters. The van der Waals surface area contributed by atoms with Crippen LogP contribution in [0.2, 0.25) is 0 Å². The van der Waals surface area contributed by atoms with Crippen molar-refractivity contribution in [1.82, 2.24) is 0 Å². The Balaban J connectivity index is 2.65. The highest BCUT2D eigenvalue weighted by Gasteiger charge is 2.54. The minimum absolute atomic E-state index is 0.0922. The zero-order chi connectivity index (χ0) is 22.1. The molecule has 0 amide bonds. The van der Waals surface area contributed by atoms with Gasteiger partial charge in [0.2, 0.25) is 6.29 Å². The summed E-state index contributed by atoms with van der Waals surface area (Å²) in [5.41, 5.74) is -0.625. The van der Waals surface area contributed by atoms with Crippen molar-refractivity contribution in [3.8, 4) is 0 Å². The number of cyclic esters (lactones) is 1. The van der Waals surface area contributed by atoms with Crippen LogP contribution in [0.25, 0.3) is 0 Å². The van der Waals surface area contributed by atoms with Gasteiger partial charge in [0.25, 0.3) is 0 Å². The summed E-state index contributed by atoms with van der Waals surface area (Å²) in [4.78, 5) is 48.0. The molecule has 1 heterocycles. The summed E-state index contributed by atoms with van der Waals surface area (Å²) in [5, 5.41) is 10.4. The highest BCUT2D eigenvalue weighted by atomic mass is 16.6. The molecule has 0 radical (unpaired) electrons. The maximum atomic E-state index is 12.5. The van der Waals surface area contributed by atoms with Crippen LogP contribution in [0.5, 0.6) is 0 Å². The average Bonchev–Trinajstić information content (AvgIpc) is 2.88. The minimum atomic E-state index is -1.60. The van der Waals surface area contributed by atoms with E-state index in [1.807, 2.05) is 0 Å². The number of esters is 3. The second kappa shape index (κ2) is 8.49. The number of carbonyl (C=O) groups excluding carboxylic acids is 4. The number of carbonyl (C=O) groups is 4. The molecule has 0 saturated carbocycles. The van der Waals surface area contributed by atoms with Crippen LogP contribution in [0.4, 0.5) is 0 Å². The smallest absolute Gasteiger partial charge is 0.336 e. The molecule has 1 aliphatic carbocycles. The first-order valence-corrected chi connectivity index (χ1v) is 9.58. The van der Waals surface area contributed by atoms with E-state index in [-0.39, 0.29) is 11.1 Å². The highest BCUT2D eigenvalue weighted by molar-refractivity contribution is 5.92. The number of hydrogen-bond donors (Lipinski definition) is 1. The summed E-state index contributed by atoms with van der Waals surface area (Å²) in [6.45, 7) is 9.53. The quantitative estimate of drug-likeness (QED) is 0.402. The van der Waals surface area contributed by atoms with Gasteiger partial charge in [-0.25, -0.2) is 4.79 Å². The van der Waals surface area contributed by atoms with Gasteiger partial charge in [0, 0.05) is 35.8 Å². The third-order valence-corrected chi connectivity index (χ3v) is 5.90. The van der Waals surface area contributed by atoms with Crippen molar-refractivity contribution in [2.45, 2.75) is 66.5 Å². The maximum Gasteiger partial charge on any atom is 0.336 e. The molecule has 160 valence electrons. The van der Waals surface area contributed by atoms with Crippen molar-refractivity contribution in [3.63, 3.8) is 0 Å². The first kappa shape index (κ1) is 22.8. The number of aliphatic hydroxyl groups is 1. The lowest BCUT2D eigenvalue weighted by atomic mass is 9.61. The Bertz CT molecular complexity index is 778. The molecule has 1 N–H and O–H groups in total. The Kier molecular flexibility index (Phi) is 6.67. The second-order valence-electron chi connectivity index (χ2n) is 8.04. The Morgan fingerprint density at radius 3 is 2.45 bits per heavy atom. The van der Waals surface area contributed by atoms with Gasteiger partial charge in [0.1, 0.15) is 18.5 Å². The fourth-order valence-corrected chi connectivity index (χ4v) is 3.89. The van der Waals surface area contributed by atoms with E-state index in [1.54, 1.807) is 33.8 Å². The molecule has 0 spiro atoms. The van der Waals surface area contributed by atoms with Gasteiger partial charge in [0.05, 0.1) is 5.92 Å². The normalized spacial score (nSPS) is 30.6.